The molecule has 4 aliphatic rings. The van der Waals surface area contributed by atoms with Crippen LogP contribution in [0.3, 0.4) is 0 Å². The topological polar surface area (TPSA) is 36.9 Å². The first kappa shape index (κ1) is 19.3. The maximum atomic E-state index is 6.66. The van der Waals surface area contributed by atoms with Crippen LogP contribution in [-0.4, -0.2) is 43.8 Å². The van der Waals surface area contributed by atoms with Crippen molar-refractivity contribution in [3.63, 3.8) is 0 Å². The molecule has 0 spiro atoms. The summed E-state index contributed by atoms with van der Waals surface area (Å²) in [6, 6.07) is 0. The molecule has 0 amide bonds. The van der Waals surface area contributed by atoms with Crippen LogP contribution < -0.4 is 0 Å². The molecule has 4 aliphatic carbocycles. The molecule has 3 saturated carbocycles. The third-order valence-corrected chi connectivity index (χ3v) is 13.6. The van der Waals surface area contributed by atoms with Gasteiger partial charge in [-0.3, -0.25) is 0 Å². The molecule has 4 bridgehead atoms. The molecule has 0 heterocycles. The normalized spacial score (nSPS) is 43.0. The molecule has 3 fully saturated rings. The minimum absolute atomic E-state index is 0.259. The first-order chi connectivity index (χ1) is 12.5. The second-order valence-electron chi connectivity index (χ2n) is 8.86. The lowest BCUT2D eigenvalue weighted by molar-refractivity contribution is -0.0719. The fourth-order valence-electron chi connectivity index (χ4n) is 7.43. The highest BCUT2D eigenvalue weighted by Crippen LogP contribution is 2.78. The Morgan fingerprint density at radius 2 is 1.62 bits per heavy atom. The van der Waals surface area contributed by atoms with Crippen LogP contribution in [0.1, 0.15) is 40.0 Å². The third-order valence-electron chi connectivity index (χ3n) is 7.78. The van der Waals surface area contributed by atoms with Crippen molar-refractivity contribution in [2.24, 2.45) is 29.6 Å². The van der Waals surface area contributed by atoms with Crippen molar-refractivity contribution in [2.45, 2.75) is 64.3 Å². The molecule has 0 aromatic heterocycles. The summed E-state index contributed by atoms with van der Waals surface area (Å²) in [4.78, 5) is 0. The summed E-state index contributed by atoms with van der Waals surface area (Å²) in [6.07, 6.45) is 9.30. The van der Waals surface area contributed by atoms with Gasteiger partial charge in [0.1, 0.15) is 0 Å². The van der Waals surface area contributed by atoms with Gasteiger partial charge in [0.15, 0.2) is 0 Å². The summed E-state index contributed by atoms with van der Waals surface area (Å²) in [5, 5.41) is 0.650. The summed E-state index contributed by atoms with van der Waals surface area (Å²) >= 11 is 0. The monoisotopic (exact) mass is 396 g/mol. The van der Waals surface area contributed by atoms with Crippen LogP contribution in [0.15, 0.2) is 12.2 Å². The average molecular weight is 397 g/mol. The van der Waals surface area contributed by atoms with Gasteiger partial charge in [-0.25, -0.2) is 0 Å². The van der Waals surface area contributed by atoms with Crippen LogP contribution in [-0.2, 0) is 17.7 Å². The van der Waals surface area contributed by atoms with Gasteiger partial charge >= 0.3 is 9.05 Å². The molecule has 0 N–H and O–H groups in total. The fourth-order valence-corrected chi connectivity index (χ4v) is 13.2. The van der Waals surface area contributed by atoms with Crippen molar-refractivity contribution in [1.82, 2.24) is 0 Å². The molecule has 0 radical (unpaired) electrons. The van der Waals surface area contributed by atoms with Crippen molar-refractivity contribution in [2.75, 3.05) is 19.8 Å². The van der Waals surface area contributed by atoms with E-state index in [-0.39, 0.29) is 6.10 Å². The second kappa shape index (κ2) is 7.12. The molecule has 0 saturated heterocycles. The molecule has 0 aromatic rings. The molecule has 6 heteroatoms. The van der Waals surface area contributed by atoms with Gasteiger partial charge < -0.3 is 17.7 Å². The van der Waals surface area contributed by atoms with Gasteiger partial charge in [0.2, 0.25) is 0 Å². The van der Waals surface area contributed by atoms with Crippen molar-refractivity contribution >= 4 is 17.8 Å². The Labute approximate surface area is 161 Å². The molecule has 26 heavy (non-hydrogen) atoms. The van der Waals surface area contributed by atoms with Crippen molar-refractivity contribution < 1.29 is 17.7 Å². The van der Waals surface area contributed by atoms with E-state index in [1.807, 2.05) is 20.8 Å². The van der Waals surface area contributed by atoms with Gasteiger partial charge in [-0.2, -0.15) is 0 Å². The van der Waals surface area contributed by atoms with E-state index in [1.165, 1.54) is 19.3 Å². The highest BCUT2D eigenvalue weighted by molar-refractivity contribution is 6.60. The molecule has 148 valence electrons. The predicted octanol–water partition coefficient (Wildman–Crippen LogP) is 4.01. The van der Waals surface area contributed by atoms with E-state index in [4.69, 9.17) is 17.7 Å². The zero-order valence-corrected chi connectivity index (χ0v) is 19.2. The lowest BCUT2D eigenvalue weighted by Crippen LogP contribution is -2.54. The average Bonchev–Trinajstić information content (AvgIpc) is 3.33. The first-order valence-corrected chi connectivity index (χ1v) is 15.3. The SMILES string of the molecule is CCO[Si](OCC)(OCC)OC1CC2CC1C1C3C=CC(C3)C21[SiH](C)C. The summed E-state index contributed by atoms with van der Waals surface area (Å²) in [7, 11) is -3.78. The van der Waals surface area contributed by atoms with Crippen LogP contribution in [0.5, 0.6) is 0 Å². The third kappa shape index (κ3) is 2.59. The van der Waals surface area contributed by atoms with Crippen LogP contribution in [0.25, 0.3) is 0 Å². The highest BCUT2D eigenvalue weighted by Gasteiger charge is 2.71. The lowest BCUT2D eigenvalue weighted by atomic mass is 9.71. The molecular weight excluding hydrogens is 360 g/mol. The van der Waals surface area contributed by atoms with E-state index < -0.39 is 17.8 Å². The Morgan fingerprint density at radius 3 is 2.19 bits per heavy atom. The van der Waals surface area contributed by atoms with E-state index in [0.717, 1.165) is 23.7 Å². The van der Waals surface area contributed by atoms with Gasteiger partial charge in [0.05, 0.1) is 6.10 Å². The van der Waals surface area contributed by atoms with E-state index in [0.29, 0.717) is 30.8 Å². The van der Waals surface area contributed by atoms with Crippen molar-refractivity contribution in [1.29, 1.82) is 0 Å². The number of allylic oxidation sites excluding steroid dienone is 2. The van der Waals surface area contributed by atoms with Gasteiger partial charge in [0.25, 0.3) is 0 Å². The number of hydrogen-bond donors (Lipinski definition) is 0. The summed E-state index contributed by atoms with van der Waals surface area (Å²) < 4.78 is 24.6. The molecule has 4 nitrogen and oxygen atoms in total. The zero-order chi connectivity index (χ0) is 18.5. The molecule has 0 aromatic carbocycles. The Balaban J connectivity index is 1.57. The predicted molar refractivity (Wildman–Crippen MR) is 108 cm³/mol. The molecule has 7 atom stereocenters. The van der Waals surface area contributed by atoms with E-state index in [1.54, 1.807) is 0 Å². The number of rotatable bonds is 9. The summed E-state index contributed by atoms with van der Waals surface area (Å²) in [6.45, 7) is 12.9. The molecule has 7 unspecified atom stereocenters. The second-order valence-corrected chi connectivity index (χ2v) is 14.3. The van der Waals surface area contributed by atoms with Gasteiger partial charge in [0, 0.05) is 28.6 Å². The van der Waals surface area contributed by atoms with Crippen LogP contribution in [0, 0.1) is 29.6 Å². The number of hydrogen-bond acceptors (Lipinski definition) is 4. The van der Waals surface area contributed by atoms with Crippen molar-refractivity contribution in [3.05, 3.63) is 12.2 Å². The molecule has 0 aliphatic heterocycles. The Kier molecular flexibility index (Phi) is 5.29. The van der Waals surface area contributed by atoms with E-state index >= 15 is 0 Å². The summed E-state index contributed by atoms with van der Waals surface area (Å²) in [5.74, 6) is 3.99. The largest absolute Gasteiger partial charge is 0.679 e. The minimum atomic E-state index is -3.02. The zero-order valence-electron chi connectivity index (χ0n) is 17.1. The Bertz CT molecular complexity index is 537. The maximum absolute atomic E-state index is 6.66. The van der Waals surface area contributed by atoms with Gasteiger partial charge in [-0.05, 0) is 74.7 Å². The summed E-state index contributed by atoms with van der Waals surface area (Å²) in [5.41, 5.74) is 0. The first-order valence-electron chi connectivity index (χ1n) is 10.8. The van der Waals surface area contributed by atoms with Crippen LogP contribution >= 0.6 is 0 Å². The Morgan fingerprint density at radius 1 is 0.962 bits per heavy atom. The maximum Gasteiger partial charge on any atom is 0.679 e. The van der Waals surface area contributed by atoms with Crippen molar-refractivity contribution in [3.8, 4) is 0 Å². The smallest absolute Gasteiger partial charge is 0.351 e. The molecular formula is C20H36O4Si2. The van der Waals surface area contributed by atoms with Gasteiger partial charge in [-0.15, -0.1) is 0 Å². The van der Waals surface area contributed by atoms with E-state index in [2.05, 4.69) is 25.2 Å². The minimum Gasteiger partial charge on any atom is -0.351 e. The quantitative estimate of drug-likeness (QED) is 0.335. The van der Waals surface area contributed by atoms with Crippen LogP contribution in [0.4, 0.5) is 0 Å². The van der Waals surface area contributed by atoms with E-state index in [9.17, 15) is 0 Å². The molecule has 4 rings (SSSR count). The van der Waals surface area contributed by atoms with Crippen LogP contribution in [0.2, 0.25) is 18.1 Å². The number of fused-ring (bicyclic) bond motifs is 9. The highest BCUT2D eigenvalue weighted by atomic mass is 28.4. The Hall–Kier alpha value is 0.0138. The standard InChI is InChI=1S/C20H36O4Si2/c1-6-21-26(22-7-2,23-8-3)24-18-13-16-12-17(18)19-14-9-10-15(11-14)20(16,19)25(4)5/h9-10,14-19,25H,6-8,11-13H2,1-5H3. The lowest BCUT2D eigenvalue weighted by Gasteiger charge is -2.50. The fraction of sp³-hybridized carbons (Fsp3) is 0.900. The van der Waals surface area contributed by atoms with Gasteiger partial charge in [-0.1, -0.05) is 25.2 Å².